The zero-order valence-electron chi connectivity index (χ0n) is 45.1. The average molecular weight is 926 g/mol. The molecule has 4 aliphatic carbocycles. The largest absolute Gasteiger partial charge is 0.361 e. The highest BCUT2D eigenvalue weighted by Crippen LogP contribution is 2.53. The van der Waals surface area contributed by atoms with Gasteiger partial charge >= 0.3 is 0 Å². The van der Waals surface area contributed by atoms with Gasteiger partial charge in [0.15, 0.2) is 7.28 Å². The smallest absolute Gasteiger partial charge is 0.197 e. The fourth-order valence-electron chi connectivity index (χ4n) is 12.3. The molecule has 2 nitrogen and oxygen atoms in total. The van der Waals surface area contributed by atoms with E-state index in [4.69, 9.17) is 0 Å². The summed E-state index contributed by atoms with van der Waals surface area (Å²) in [7, 11) is 2.40. The molecule has 3 unspecified atom stereocenters. The second-order valence-corrected chi connectivity index (χ2v) is 27.0. The van der Waals surface area contributed by atoms with Gasteiger partial charge in [-0.1, -0.05) is 146 Å². The van der Waals surface area contributed by atoms with Crippen LogP contribution >= 0.6 is 11.3 Å². The highest BCUT2D eigenvalue weighted by Gasteiger charge is 2.41. The maximum atomic E-state index is 4.13. The Morgan fingerprint density at radius 1 is 0.809 bits per heavy atom. The fraction of sp³-hybridized carbons (Fsp3) is 0.531. The molecule has 361 valence electrons. The molecule has 0 aliphatic heterocycles. The fourth-order valence-corrected chi connectivity index (χ4v) is 13.4. The monoisotopic (exact) mass is 926 g/mol. The van der Waals surface area contributed by atoms with Crippen molar-refractivity contribution >= 4 is 44.9 Å². The van der Waals surface area contributed by atoms with Crippen molar-refractivity contribution in [2.45, 2.75) is 195 Å². The van der Waals surface area contributed by atoms with Gasteiger partial charge in [-0.05, 0) is 194 Å². The Kier molecular flexibility index (Phi) is 13.8. The second kappa shape index (κ2) is 18.6. The molecule has 4 aromatic rings. The van der Waals surface area contributed by atoms with E-state index in [1.807, 2.05) is 11.3 Å². The molecule has 1 aromatic heterocycles. The van der Waals surface area contributed by atoms with Gasteiger partial charge < -0.3 is 10.2 Å². The number of hydrogen-bond donors (Lipinski definition) is 1. The van der Waals surface area contributed by atoms with Crippen molar-refractivity contribution < 1.29 is 0 Å². The molecular weight excluding hydrogens is 840 g/mol. The Balaban J connectivity index is 1.25. The molecule has 0 saturated carbocycles. The van der Waals surface area contributed by atoms with E-state index in [9.17, 15) is 0 Å². The Morgan fingerprint density at radius 2 is 1.47 bits per heavy atom. The third-order valence-electron chi connectivity index (χ3n) is 17.5. The first-order valence-electron chi connectivity index (χ1n) is 26.5. The lowest BCUT2D eigenvalue weighted by atomic mass is 9.61. The molecule has 1 radical (unpaired) electrons. The van der Waals surface area contributed by atoms with Crippen LogP contribution in [-0.4, -0.2) is 13.8 Å². The van der Waals surface area contributed by atoms with Crippen LogP contribution in [0.25, 0.3) is 21.2 Å². The summed E-state index contributed by atoms with van der Waals surface area (Å²) < 4.78 is 2.71. The Labute approximate surface area is 419 Å². The molecule has 4 aliphatic rings. The molecule has 0 spiro atoms. The minimum absolute atomic E-state index is 0.0851. The van der Waals surface area contributed by atoms with E-state index < -0.39 is 0 Å². The van der Waals surface area contributed by atoms with Crippen molar-refractivity contribution in [1.29, 1.82) is 0 Å². The number of fused-ring (bicyclic) bond motifs is 4. The maximum Gasteiger partial charge on any atom is 0.197 e. The van der Waals surface area contributed by atoms with Crippen LogP contribution < -0.4 is 15.0 Å². The number of thiophene rings is 1. The lowest BCUT2D eigenvalue weighted by molar-refractivity contribution is 0.293. The maximum absolute atomic E-state index is 4.13. The number of hydrogen-bond acceptors (Lipinski definition) is 3. The van der Waals surface area contributed by atoms with E-state index in [1.165, 1.54) is 115 Å². The van der Waals surface area contributed by atoms with Gasteiger partial charge in [-0.2, -0.15) is 0 Å². The zero-order valence-corrected chi connectivity index (χ0v) is 45.9. The van der Waals surface area contributed by atoms with E-state index in [2.05, 4.69) is 219 Å². The number of rotatable bonds is 13. The summed E-state index contributed by atoms with van der Waals surface area (Å²) in [5.74, 6) is 3.83. The molecule has 68 heavy (non-hydrogen) atoms. The third-order valence-corrected chi connectivity index (χ3v) is 18.7. The van der Waals surface area contributed by atoms with Crippen LogP contribution in [-0.2, 0) is 27.1 Å². The number of nitrogens with one attached hydrogen (secondary N) is 1. The van der Waals surface area contributed by atoms with Gasteiger partial charge in [-0.25, -0.2) is 0 Å². The van der Waals surface area contributed by atoms with Crippen LogP contribution in [0, 0.1) is 17.3 Å². The number of anilines is 2. The lowest BCUT2D eigenvalue weighted by Crippen LogP contribution is -2.34. The molecule has 8 rings (SSSR count). The lowest BCUT2D eigenvalue weighted by Gasteiger charge is -2.43. The number of benzene rings is 3. The van der Waals surface area contributed by atoms with Gasteiger partial charge in [-0.15, -0.1) is 23.9 Å². The van der Waals surface area contributed by atoms with Crippen LogP contribution in [0.5, 0.6) is 0 Å². The Hall–Kier alpha value is -4.02. The van der Waals surface area contributed by atoms with Gasteiger partial charge in [0, 0.05) is 33.6 Å². The van der Waals surface area contributed by atoms with Crippen molar-refractivity contribution in [3.8, 4) is 11.1 Å². The third kappa shape index (κ3) is 9.72. The van der Waals surface area contributed by atoms with Crippen LogP contribution in [0.2, 0.25) is 0 Å². The van der Waals surface area contributed by atoms with Crippen LogP contribution in [0.3, 0.4) is 0 Å². The Bertz CT molecular complexity index is 2660. The van der Waals surface area contributed by atoms with Crippen molar-refractivity contribution in [1.82, 2.24) is 0 Å². The Morgan fingerprint density at radius 3 is 2.12 bits per heavy atom. The number of allylic oxidation sites excluding steroid dienone is 5. The minimum Gasteiger partial charge on any atom is -0.361 e. The van der Waals surface area contributed by atoms with Crippen LogP contribution in [0.15, 0.2) is 103 Å². The van der Waals surface area contributed by atoms with Gasteiger partial charge in [-0.3, -0.25) is 0 Å². The topological polar surface area (TPSA) is 15.3 Å². The molecule has 3 atom stereocenters. The minimum atomic E-state index is 0.0851. The molecule has 0 amide bonds. The van der Waals surface area contributed by atoms with Gasteiger partial charge in [0.25, 0.3) is 0 Å². The molecule has 0 fully saturated rings. The molecule has 0 saturated heterocycles. The zero-order chi connectivity index (χ0) is 49.2. The second-order valence-electron chi connectivity index (χ2n) is 25.9. The van der Waals surface area contributed by atoms with E-state index in [1.54, 1.807) is 0 Å². The summed E-state index contributed by atoms with van der Waals surface area (Å²) >= 11 is 1.96. The molecule has 4 heteroatoms. The first kappa shape index (κ1) is 50.4. The van der Waals surface area contributed by atoms with Crippen LogP contribution in [0.1, 0.15) is 201 Å². The van der Waals surface area contributed by atoms with Crippen LogP contribution in [0.4, 0.5) is 11.4 Å². The van der Waals surface area contributed by atoms with Crippen molar-refractivity contribution in [2.75, 3.05) is 16.8 Å². The SMILES string of the molecule is C=CC(CC)C/C=C/[B]c1sc2cc3c(cc2c1N(C/C=C/Nc1cc2c(cc1-c1cccc4c1C(C)(C)CCC4(C)C)C(C)(C)CCC2C)C1=CCC(C(C)(C)C)C=C1)C(C)(C)CCC3(C)C. The van der Waals surface area contributed by atoms with Crippen molar-refractivity contribution in [3.05, 3.63) is 137 Å². The summed E-state index contributed by atoms with van der Waals surface area (Å²) in [6.07, 6.45) is 27.0. The van der Waals surface area contributed by atoms with Gasteiger partial charge in [0.2, 0.25) is 0 Å². The summed E-state index contributed by atoms with van der Waals surface area (Å²) in [6, 6.07) is 17.5. The molecule has 3 aromatic carbocycles. The molecule has 1 N–H and O–H groups in total. The summed E-state index contributed by atoms with van der Waals surface area (Å²) in [4.78, 5) is 2.63. The predicted molar refractivity (Wildman–Crippen MR) is 303 cm³/mol. The van der Waals surface area contributed by atoms with E-state index in [-0.39, 0.29) is 32.5 Å². The summed E-state index contributed by atoms with van der Waals surface area (Å²) in [5, 5.41) is 5.38. The average Bonchev–Trinajstić information content (AvgIpc) is 3.64. The predicted octanol–water partition coefficient (Wildman–Crippen LogP) is 17.8. The first-order valence-corrected chi connectivity index (χ1v) is 27.3. The van der Waals surface area contributed by atoms with Crippen molar-refractivity contribution in [2.24, 2.45) is 17.3 Å². The van der Waals surface area contributed by atoms with Crippen molar-refractivity contribution in [3.63, 3.8) is 0 Å². The quantitative estimate of drug-likeness (QED) is 0.106. The normalized spacial score (nSPS) is 22.6. The molecule has 1 heterocycles. The summed E-state index contributed by atoms with van der Waals surface area (Å²) in [6.45, 7) is 41.3. The van der Waals surface area contributed by atoms with Gasteiger partial charge in [0.1, 0.15) is 0 Å². The van der Waals surface area contributed by atoms with Gasteiger partial charge in [0.05, 0.1) is 5.69 Å². The van der Waals surface area contributed by atoms with E-state index >= 15 is 0 Å². The van der Waals surface area contributed by atoms with E-state index in [0.29, 0.717) is 17.8 Å². The molecule has 0 bridgehead atoms. The standard InChI is InChI=1S/C64H86BN2S/c1-17-43(18-2)22-20-35-65-58-57(49-39-52-53(41-55(49)68-58)63(13,14)32-31-62(52,11)12)67(45-27-25-44(26-28-45)59(4,5)6)37-21-36-66-54-40-47-42(3)29-30-60(7,8)51(47)38-48(54)46-23-19-24-50-56(46)64(15,16)34-33-61(50,9)10/h17,19-21,23-25,27-28,35-36,38-44,66H,1,18,22,26,29-34,37H2,2-16H3/b35-20+,36-21+. The highest BCUT2D eigenvalue weighted by molar-refractivity contribution is 7.28. The first-order chi connectivity index (χ1) is 31.9. The summed E-state index contributed by atoms with van der Waals surface area (Å²) in [5.41, 5.74) is 16.5. The number of nitrogens with zero attached hydrogens (tertiary/aromatic N) is 1. The highest BCUT2D eigenvalue weighted by atomic mass is 32.1. The molecular formula is C64H86BN2S. The van der Waals surface area contributed by atoms with E-state index in [0.717, 1.165) is 25.8 Å².